The van der Waals surface area contributed by atoms with Gasteiger partial charge in [-0.05, 0) is 116 Å². The van der Waals surface area contributed by atoms with Crippen molar-refractivity contribution in [1.29, 1.82) is 0 Å². The van der Waals surface area contributed by atoms with Gasteiger partial charge < -0.3 is 14.2 Å². The monoisotopic (exact) mass is 899 g/mol. The van der Waals surface area contributed by atoms with Gasteiger partial charge in [-0.3, -0.25) is 14.4 Å². The number of carbonyl (C=O) groups is 3. The highest BCUT2D eigenvalue weighted by atomic mass is 16.6. The summed E-state index contributed by atoms with van der Waals surface area (Å²) >= 11 is 0. The van der Waals surface area contributed by atoms with Crippen molar-refractivity contribution < 1.29 is 28.6 Å². The lowest BCUT2D eigenvalue weighted by molar-refractivity contribution is -0.166. The first-order valence-electron chi connectivity index (χ1n) is 26.0. The fraction of sp³-hybridized carbons (Fsp3) is 0.610. The van der Waals surface area contributed by atoms with E-state index in [1.807, 2.05) is 12.2 Å². The Morgan fingerprint density at radius 3 is 1.02 bits per heavy atom. The van der Waals surface area contributed by atoms with Gasteiger partial charge in [-0.1, -0.05) is 200 Å². The minimum absolute atomic E-state index is 0.121. The number of ether oxygens (including phenoxy) is 3. The molecular weight excluding hydrogens is 805 g/mol. The van der Waals surface area contributed by atoms with Gasteiger partial charge in [0.05, 0.1) is 0 Å². The predicted octanol–water partition coefficient (Wildman–Crippen LogP) is 17.3. The summed E-state index contributed by atoms with van der Waals surface area (Å²) in [6.07, 6.45) is 72.0. The van der Waals surface area contributed by atoms with Gasteiger partial charge in [-0.2, -0.15) is 0 Å². The van der Waals surface area contributed by atoms with Crippen LogP contribution in [0.5, 0.6) is 0 Å². The zero-order valence-electron chi connectivity index (χ0n) is 41.7. The average molecular weight is 899 g/mol. The maximum absolute atomic E-state index is 12.7. The second-order valence-electron chi connectivity index (χ2n) is 16.7. The molecule has 366 valence electrons. The Hall–Kier alpha value is -4.19. The lowest BCUT2D eigenvalue weighted by Crippen LogP contribution is -2.30. The molecule has 0 amide bonds. The van der Waals surface area contributed by atoms with E-state index in [0.29, 0.717) is 19.3 Å². The highest BCUT2D eigenvalue weighted by molar-refractivity contribution is 5.71. The molecule has 6 nitrogen and oxygen atoms in total. The van der Waals surface area contributed by atoms with E-state index in [1.165, 1.54) is 38.5 Å². The molecule has 0 aliphatic rings. The summed E-state index contributed by atoms with van der Waals surface area (Å²) < 4.78 is 16.7. The van der Waals surface area contributed by atoms with Crippen molar-refractivity contribution >= 4 is 17.9 Å². The van der Waals surface area contributed by atoms with Crippen LogP contribution in [0, 0.1) is 0 Å². The second-order valence-corrected chi connectivity index (χ2v) is 16.7. The Kier molecular flexibility index (Phi) is 49.1. The number of carbonyl (C=O) groups excluding carboxylic acids is 3. The summed E-state index contributed by atoms with van der Waals surface area (Å²) in [5.41, 5.74) is 0. The van der Waals surface area contributed by atoms with Crippen molar-refractivity contribution in [2.45, 2.75) is 219 Å². The normalized spacial score (nSPS) is 13.1. The van der Waals surface area contributed by atoms with Crippen LogP contribution in [-0.2, 0) is 28.6 Å². The number of hydrogen-bond acceptors (Lipinski definition) is 6. The molecular formula is C59H94O6. The van der Waals surface area contributed by atoms with Crippen LogP contribution in [0.25, 0.3) is 0 Å². The van der Waals surface area contributed by atoms with Crippen LogP contribution >= 0.6 is 0 Å². The van der Waals surface area contributed by atoms with E-state index in [0.717, 1.165) is 128 Å². The van der Waals surface area contributed by atoms with Gasteiger partial charge in [0.25, 0.3) is 0 Å². The zero-order valence-corrected chi connectivity index (χ0v) is 41.7. The summed E-state index contributed by atoms with van der Waals surface area (Å²) in [7, 11) is 0. The molecule has 0 aromatic heterocycles. The van der Waals surface area contributed by atoms with Gasteiger partial charge in [0.1, 0.15) is 13.2 Å². The fourth-order valence-electron chi connectivity index (χ4n) is 6.59. The Balaban J connectivity index is 4.49. The maximum atomic E-state index is 12.7. The molecule has 0 rings (SSSR count). The van der Waals surface area contributed by atoms with E-state index in [9.17, 15) is 14.4 Å². The van der Waals surface area contributed by atoms with Gasteiger partial charge >= 0.3 is 17.9 Å². The van der Waals surface area contributed by atoms with Crippen molar-refractivity contribution in [3.8, 4) is 0 Å². The van der Waals surface area contributed by atoms with Crippen LogP contribution in [0.4, 0.5) is 0 Å². The molecule has 0 bridgehead atoms. The molecule has 1 atom stereocenters. The van der Waals surface area contributed by atoms with Crippen molar-refractivity contribution in [3.63, 3.8) is 0 Å². The Labute approximate surface area is 399 Å². The number of hydrogen-bond donors (Lipinski definition) is 0. The smallest absolute Gasteiger partial charge is 0.306 e. The first kappa shape index (κ1) is 60.8. The Morgan fingerprint density at radius 1 is 0.323 bits per heavy atom. The molecule has 0 radical (unpaired) electrons. The van der Waals surface area contributed by atoms with Crippen LogP contribution in [0.2, 0.25) is 0 Å². The molecule has 65 heavy (non-hydrogen) atoms. The molecule has 0 aromatic carbocycles. The van der Waals surface area contributed by atoms with Gasteiger partial charge in [0, 0.05) is 19.3 Å². The van der Waals surface area contributed by atoms with Gasteiger partial charge in [0.2, 0.25) is 0 Å². The van der Waals surface area contributed by atoms with Crippen molar-refractivity contribution in [3.05, 3.63) is 122 Å². The third-order valence-corrected chi connectivity index (χ3v) is 10.4. The summed E-state index contributed by atoms with van der Waals surface area (Å²) in [5.74, 6) is -1.04. The lowest BCUT2D eigenvalue weighted by atomic mass is 10.1. The third-order valence-electron chi connectivity index (χ3n) is 10.4. The van der Waals surface area contributed by atoms with E-state index in [1.54, 1.807) is 0 Å². The van der Waals surface area contributed by atoms with Crippen molar-refractivity contribution in [2.75, 3.05) is 13.2 Å². The number of rotatable bonds is 45. The lowest BCUT2D eigenvalue weighted by Gasteiger charge is -2.18. The summed E-state index contributed by atoms with van der Waals surface area (Å²) in [6.45, 7) is 6.29. The average Bonchev–Trinajstić information content (AvgIpc) is 3.30. The molecule has 0 aliphatic heterocycles. The minimum atomic E-state index is -0.830. The molecule has 0 aliphatic carbocycles. The maximum Gasteiger partial charge on any atom is 0.306 e. The van der Waals surface area contributed by atoms with E-state index in [4.69, 9.17) is 14.2 Å². The predicted molar refractivity (Wildman–Crippen MR) is 279 cm³/mol. The largest absolute Gasteiger partial charge is 0.462 e. The van der Waals surface area contributed by atoms with E-state index >= 15 is 0 Å². The Morgan fingerprint density at radius 2 is 0.631 bits per heavy atom. The summed E-state index contributed by atoms with van der Waals surface area (Å²) in [5, 5.41) is 0. The number of unbranched alkanes of at least 4 members (excludes halogenated alkanes) is 14. The first-order chi connectivity index (χ1) is 32.0. The fourth-order valence-corrected chi connectivity index (χ4v) is 6.59. The second kappa shape index (κ2) is 52.4. The molecule has 0 heterocycles. The highest BCUT2D eigenvalue weighted by Crippen LogP contribution is 2.12. The Bertz CT molecular complexity index is 1400. The SMILES string of the molecule is CC/C=C\C/C=C\C/C=C\C/C=C\C/C=C\CCCCCCCC(=O)OCC(COC(=O)CCCCCCC/C=C\CCCCCC)OC(=O)CC/C=C\C/C=C\C/C=C\C/C=C\CC. The van der Waals surface area contributed by atoms with Crippen LogP contribution < -0.4 is 0 Å². The third kappa shape index (κ3) is 50.7. The minimum Gasteiger partial charge on any atom is -0.462 e. The molecule has 0 N–H and O–H groups in total. The van der Waals surface area contributed by atoms with Crippen LogP contribution in [0.3, 0.4) is 0 Å². The molecule has 0 saturated carbocycles. The van der Waals surface area contributed by atoms with Gasteiger partial charge in [-0.15, -0.1) is 0 Å². The topological polar surface area (TPSA) is 78.9 Å². The molecule has 0 saturated heterocycles. The molecule has 0 fully saturated rings. The van der Waals surface area contributed by atoms with Gasteiger partial charge in [0.15, 0.2) is 6.10 Å². The van der Waals surface area contributed by atoms with E-state index < -0.39 is 12.1 Å². The van der Waals surface area contributed by atoms with E-state index in [-0.39, 0.29) is 31.6 Å². The zero-order chi connectivity index (χ0) is 47.2. The highest BCUT2D eigenvalue weighted by Gasteiger charge is 2.19. The van der Waals surface area contributed by atoms with Crippen LogP contribution in [0.1, 0.15) is 213 Å². The molecule has 0 aromatic rings. The number of allylic oxidation sites excluding steroid dienone is 20. The van der Waals surface area contributed by atoms with Gasteiger partial charge in [-0.25, -0.2) is 0 Å². The quantitative estimate of drug-likeness (QED) is 0.0262. The van der Waals surface area contributed by atoms with Crippen LogP contribution in [0.15, 0.2) is 122 Å². The standard InChI is InChI=1S/C59H94O6/c1-4-7-10-13-16-19-22-25-26-27-28-29-30-31-32-35-37-40-43-46-49-52-58(61)64-55-56(65-59(62)53-50-47-44-41-38-34-24-21-18-15-12-9-6-3)54-63-57(60)51-48-45-42-39-36-33-23-20-17-14-11-8-5-2/h7,9-10,12,16,18-21,23,25-26,28-29,31-32,34,38,44,47,56H,4-6,8,11,13-15,17,22,24,27,30,33,35-37,39-43,45-46,48-55H2,1-3H3/b10-7-,12-9-,19-16-,21-18-,23-20-,26-25-,29-28-,32-31-,38-34-,47-44-. The first-order valence-corrected chi connectivity index (χ1v) is 26.0. The van der Waals surface area contributed by atoms with Crippen LogP contribution in [-0.4, -0.2) is 37.2 Å². The summed E-state index contributed by atoms with van der Waals surface area (Å²) in [6, 6.07) is 0. The molecule has 6 heteroatoms. The summed E-state index contributed by atoms with van der Waals surface area (Å²) in [4.78, 5) is 37.9. The molecule has 0 spiro atoms. The molecule has 1 unspecified atom stereocenters. The number of esters is 3. The van der Waals surface area contributed by atoms with E-state index in [2.05, 4.69) is 130 Å². The van der Waals surface area contributed by atoms with Crippen molar-refractivity contribution in [1.82, 2.24) is 0 Å². The van der Waals surface area contributed by atoms with Crippen molar-refractivity contribution in [2.24, 2.45) is 0 Å².